The zero-order valence-corrected chi connectivity index (χ0v) is 14.6. The van der Waals surface area contributed by atoms with Gasteiger partial charge in [-0.1, -0.05) is 23.7 Å². The number of halogens is 1. The van der Waals surface area contributed by atoms with Gasteiger partial charge in [0.25, 0.3) is 0 Å². The molecule has 0 aliphatic carbocycles. The Kier molecular flexibility index (Phi) is 7.02. The Balaban J connectivity index is 2.09. The Morgan fingerprint density at radius 3 is 2.82 bits per heavy atom. The highest BCUT2D eigenvalue weighted by Gasteiger charge is 2.24. The first-order chi connectivity index (χ1) is 10.6. The summed E-state index contributed by atoms with van der Waals surface area (Å²) in [6.07, 6.45) is 1.95. The molecule has 0 bridgehead atoms. The van der Waals surface area contributed by atoms with Crippen molar-refractivity contribution in [1.82, 2.24) is 10.2 Å². The van der Waals surface area contributed by atoms with Gasteiger partial charge in [-0.05, 0) is 30.9 Å². The molecule has 1 amide bonds. The zero-order chi connectivity index (χ0) is 15.9. The summed E-state index contributed by atoms with van der Waals surface area (Å²) < 4.78 is 5.43. The number of nitrogens with zero attached hydrogens (tertiary/aromatic N) is 1. The van der Waals surface area contributed by atoms with Gasteiger partial charge in [0, 0.05) is 24.7 Å². The van der Waals surface area contributed by atoms with Crippen molar-refractivity contribution in [2.75, 3.05) is 39.1 Å². The summed E-state index contributed by atoms with van der Waals surface area (Å²) in [5.41, 5.74) is 1.13. The van der Waals surface area contributed by atoms with Gasteiger partial charge in [0.05, 0.1) is 24.5 Å². The second-order valence-corrected chi connectivity index (χ2v) is 6.96. The van der Waals surface area contributed by atoms with E-state index in [-0.39, 0.29) is 17.2 Å². The molecule has 2 rings (SSSR count). The van der Waals surface area contributed by atoms with Crippen molar-refractivity contribution in [2.24, 2.45) is 0 Å². The van der Waals surface area contributed by atoms with Crippen molar-refractivity contribution >= 4 is 29.3 Å². The van der Waals surface area contributed by atoms with Crippen LogP contribution in [0, 0.1) is 0 Å². The molecule has 0 radical (unpaired) electrons. The first kappa shape index (κ1) is 17.6. The van der Waals surface area contributed by atoms with Gasteiger partial charge in [0.1, 0.15) is 0 Å². The fraction of sp³-hybridized carbons (Fsp3) is 0.562. The monoisotopic (exact) mass is 342 g/mol. The molecule has 1 aromatic carbocycles. The van der Waals surface area contributed by atoms with E-state index in [0.29, 0.717) is 6.54 Å². The van der Waals surface area contributed by atoms with Crippen molar-refractivity contribution in [2.45, 2.75) is 18.2 Å². The second kappa shape index (κ2) is 8.77. The van der Waals surface area contributed by atoms with E-state index in [2.05, 4.69) is 16.3 Å². The molecule has 1 N–H and O–H groups in total. The normalized spacial score (nSPS) is 18.7. The molecular formula is C16H23ClN2O2S. The van der Waals surface area contributed by atoms with E-state index in [9.17, 15) is 4.79 Å². The summed E-state index contributed by atoms with van der Waals surface area (Å²) in [6.45, 7) is 5.70. The molecule has 1 saturated heterocycles. The minimum Gasteiger partial charge on any atom is -0.379 e. The fourth-order valence-corrected chi connectivity index (χ4v) is 3.00. The summed E-state index contributed by atoms with van der Waals surface area (Å²) in [7, 11) is 0. The molecule has 1 aliphatic rings. The molecule has 0 unspecified atom stereocenters. The topological polar surface area (TPSA) is 41.6 Å². The molecule has 0 spiro atoms. The van der Waals surface area contributed by atoms with Gasteiger partial charge in [-0.15, -0.1) is 0 Å². The Labute approximate surface area is 141 Å². The van der Waals surface area contributed by atoms with Crippen molar-refractivity contribution in [3.63, 3.8) is 0 Å². The van der Waals surface area contributed by atoms with E-state index >= 15 is 0 Å². The number of amides is 1. The fourth-order valence-electron chi connectivity index (χ4n) is 2.51. The number of hydrogen-bond acceptors (Lipinski definition) is 4. The summed E-state index contributed by atoms with van der Waals surface area (Å²) in [4.78, 5) is 14.4. The Hall–Kier alpha value is -0.750. The van der Waals surface area contributed by atoms with Crippen LogP contribution in [0.5, 0.6) is 0 Å². The number of hydrogen-bond donors (Lipinski definition) is 1. The lowest BCUT2D eigenvalue weighted by Gasteiger charge is -2.35. The number of nitrogens with one attached hydrogen (secondary N) is 1. The SMILES string of the molecule is CS[C@@H](C)C(=O)NC[C@H](c1cccc(Cl)c1)N1CCOCC1. The Bertz CT molecular complexity index is 495. The largest absolute Gasteiger partial charge is 0.379 e. The highest BCUT2D eigenvalue weighted by atomic mass is 35.5. The molecule has 22 heavy (non-hydrogen) atoms. The molecule has 0 saturated carbocycles. The van der Waals surface area contributed by atoms with Crippen molar-refractivity contribution < 1.29 is 9.53 Å². The predicted octanol–water partition coefficient (Wildman–Crippen LogP) is 2.58. The summed E-state index contributed by atoms with van der Waals surface area (Å²) in [5.74, 6) is 0.0767. The van der Waals surface area contributed by atoms with Gasteiger partial charge in [0.2, 0.25) is 5.91 Å². The molecule has 122 valence electrons. The van der Waals surface area contributed by atoms with E-state index in [0.717, 1.165) is 36.9 Å². The third-order valence-electron chi connectivity index (χ3n) is 3.91. The molecule has 1 fully saturated rings. The number of thioether (sulfide) groups is 1. The Morgan fingerprint density at radius 2 is 2.18 bits per heavy atom. The molecular weight excluding hydrogens is 320 g/mol. The van der Waals surface area contributed by atoms with E-state index in [1.807, 2.05) is 31.4 Å². The summed E-state index contributed by atoms with van der Waals surface area (Å²) >= 11 is 7.68. The highest BCUT2D eigenvalue weighted by Crippen LogP contribution is 2.24. The van der Waals surface area contributed by atoms with Gasteiger partial charge in [-0.25, -0.2) is 0 Å². The van der Waals surface area contributed by atoms with E-state index in [1.165, 1.54) is 0 Å². The van der Waals surface area contributed by atoms with Crippen LogP contribution >= 0.6 is 23.4 Å². The summed E-state index contributed by atoms with van der Waals surface area (Å²) in [6, 6.07) is 8.00. The zero-order valence-electron chi connectivity index (χ0n) is 13.0. The summed E-state index contributed by atoms with van der Waals surface area (Å²) in [5, 5.41) is 3.75. The van der Waals surface area contributed by atoms with E-state index < -0.39 is 0 Å². The van der Waals surface area contributed by atoms with E-state index in [4.69, 9.17) is 16.3 Å². The van der Waals surface area contributed by atoms with Crippen LogP contribution in [0.3, 0.4) is 0 Å². The third-order valence-corrected chi connectivity index (χ3v) is 5.07. The van der Waals surface area contributed by atoms with Crippen molar-refractivity contribution in [3.05, 3.63) is 34.9 Å². The highest BCUT2D eigenvalue weighted by molar-refractivity contribution is 7.99. The molecule has 6 heteroatoms. The lowest BCUT2D eigenvalue weighted by molar-refractivity contribution is -0.120. The van der Waals surface area contributed by atoms with Crippen LogP contribution in [0.25, 0.3) is 0 Å². The van der Waals surface area contributed by atoms with Crippen LogP contribution in [0.4, 0.5) is 0 Å². The van der Waals surface area contributed by atoms with Gasteiger partial charge in [-0.3, -0.25) is 9.69 Å². The number of carbonyl (C=O) groups is 1. The number of morpholine rings is 1. The van der Waals surface area contributed by atoms with Crippen LogP contribution in [0.2, 0.25) is 5.02 Å². The maximum Gasteiger partial charge on any atom is 0.232 e. The number of ether oxygens (including phenoxy) is 1. The minimum atomic E-state index is -0.0373. The van der Waals surface area contributed by atoms with Crippen LogP contribution in [0.1, 0.15) is 18.5 Å². The molecule has 1 aliphatic heterocycles. The van der Waals surface area contributed by atoms with Crippen molar-refractivity contribution in [1.29, 1.82) is 0 Å². The van der Waals surface area contributed by atoms with E-state index in [1.54, 1.807) is 11.8 Å². The quantitative estimate of drug-likeness (QED) is 0.862. The third kappa shape index (κ3) is 4.88. The van der Waals surface area contributed by atoms with Gasteiger partial charge in [0.15, 0.2) is 0 Å². The number of carbonyl (C=O) groups excluding carboxylic acids is 1. The van der Waals surface area contributed by atoms with Crippen molar-refractivity contribution in [3.8, 4) is 0 Å². The average Bonchev–Trinajstić information content (AvgIpc) is 2.55. The number of rotatable bonds is 6. The van der Waals surface area contributed by atoms with Crippen LogP contribution in [-0.2, 0) is 9.53 Å². The van der Waals surface area contributed by atoms with Crippen LogP contribution in [-0.4, -0.2) is 55.2 Å². The Morgan fingerprint density at radius 1 is 1.45 bits per heavy atom. The van der Waals surface area contributed by atoms with Crippen LogP contribution in [0.15, 0.2) is 24.3 Å². The maximum absolute atomic E-state index is 12.1. The lowest BCUT2D eigenvalue weighted by Crippen LogP contribution is -2.44. The van der Waals surface area contributed by atoms with Crippen LogP contribution < -0.4 is 5.32 Å². The molecule has 1 heterocycles. The van der Waals surface area contributed by atoms with Gasteiger partial charge >= 0.3 is 0 Å². The predicted molar refractivity (Wildman–Crippen MR) is 92.6 cm³/mol. The lowest BCUT2D eigenvalue weighted by atomic mass is 10.0. The first-order valence-electron chi connectivity index (χ1n) is 7.49. The standard InChI is InChI=1S/C16H23ClN2O2S/c1-12(22-2)16(20)18-11-15(19-6-8-21-9-7-19)13-4-3-5-14(17)10-13/h3-5,10,12,15H,6-9,11H2,1-2H3,(H,18,20)/t12-,15+/m0/s1. The first-order valence-corrected chi connectivity index (χ1v) is 9.16. The molecule has 2 atom stereocenters. The molecule has 0 aromatic heterocycles. The maximum atomic E-state index is 12.1. The molecule has 4 nitrogen and oxygen atoms in total. The number of benzene rings is 1. The van der Waals surface area contributed by atoms with Gasteiger partial charge in [-0.2, -0.15) is 11.8 Å². The van der Waals surface area contributed by atoms with Gasteiger partial charge < -0.3 is 10.1 Å². The average molecular weight is 343 g/mol. The smallest absolute Gasteiger partial charge is 0.232 e. The minimum absolute atomic E-state index is 0.0373. The second-order valence-electron chi connectivity index (χ2n) is 5.34. The molecule has 1 aromatic rings.